The highest BCUT2D eigenvalue weighted by Gasteiger charge is 2.52. The summed E-state index contributed by atoms with van der Waals surface area (Å²) in [5.41, 5.74) is -0.689. The van der Waals surface area contributed by atoms with Gasteiger partial charge in [0.1, 0.15) is 11.3 Å². The van der Waals surface area contributed by atoms with Gasteiger partial charge in [-0.05, 0) is 42.8 Å². The molecule has 0 radical (unpaired) electrons. The molecule has 2 aromatic rings. The number of rotatable bonds is 8. The van der Waals surface area contributed by atoms with Gasteiger partial charge in [0, 0.05) is 17.8 Å². The lowest BCUT2D eigenvalue weighted by molar-refractivity contribution is -0.134. The molecule has 1 saturated carbocycles. The molecule has 2 aliphatic rings. The van der Waals surface area contributed by atoms with E-state index in [4.69, 9.17) is 4.42 Å². The fourth-order valence-corrected chi connectivity index (χ4v) is 4.88. The molecule has 4 rings (SSSR count). The standard InChI is InChI=1S/C21H25N3O4S/c25-18(23(14-16-6-4-12-28-16)15-17-7-5-13-29-17)8-3-11-24-19(26)21(22-20(24)27)9-1-2-10-21/h4-7,12-13H,1-3,8-11,14-15H2,(H,22,27). The van der Waals surface area contributed by atoms with Gasteiger partial charge < -0.3 is 14.6 Å². The van der Waals surface area contributed by atoms with Crippen LogP contribution in [0.2, 0.25) is 0 Å². The van der Waals surface area contributed by atoms with Crippen LogP contribution in [0.15, 0.2) is 40.3 Å². The number of nitrogens with zero attached hydrogens (tertiary/aromatic N) is 2. The van der Waals surface area contributed by atoms with Crippen LogP contribution in [-0.4, -0.2) is 39.7 Å². The van der Waals surface area contributed by atoms with E-state index in [-0.39, 0.29) is 30.8 Å². The molecule has 3 heterocycles. The van der Waals surface area contributed by atoms with E-state index in [0.29, 0.717) is 32.4 Å². The minimum absolute atomic E-state index is 0.0163. The number of carbonyl (C=O) groups is 3. The summed E-state index contributed by atoms with van der Waals surface area (Å²) in [6.45, 7) is 1.19. The molecule has 1 spiro atoms. The molecule has 1 N–H and O–H groups in total. The van der Waals surface area contributed by atoms with Gasteiger partial charge >= 0.3 is 6.03 Å². The van der Waals surface area contributed by atoms with Gasteiger partial charge in [-0.1, -0.05) is 18.9 Å². The first-order chi connectivity index (χ1) is 14.1. The third kappa shape index (κ3) is 4.22. The summed E-state index contributed by atoms with van der Waals surface area (Å²) >= 11 is 1.61. The highest BCUT2D eigenvalue weighted by atomic mass is 32.1. The van der Waals surface area contributed by atoms with Gasteiger partial charge in [0.25, 0.3) is 5.91 Å². The maximum absolute atomic E-state index is 12.9. The van der Waals surface area contributed by atoms with Crippen LogP contribution in [-0.2, 0) is 22.7 Å². The number of imide groups is 1. The van der Waals surface area contributed by atoms with Gasteiger partial charge in [-0.3, -0.25) is 14.5 Å². The number of urea groups is 1. The highest BCUT2D eigenvalue weighted by Crippen LogP contribution is 2.35. The normalized spacial score (nSPS) is 17.9. The molecule has 0 bridgehead atoms. The monoisotopic (exact) mass is 415 g/mol. The zero-order chi connectivity index (χ0) is 20.3. The topological polar surface area (TPSA) is 82.9 Å². The van der Waals surface area contributed by atoms with Crippen LogP contribution in [0.4, 0.5) is 4.79 Å². The van der Waals surface area contributed by atoms with Crippen molar-refractivity contribution >= 4 is 29.2 Å². The number of carbonyl (C=O) groups excluding carboxylic acids is 3. The fraction of sp³-hybridized carbons (Fsp3) is 0.476. The molecule has 0 atom stereocenters. The maximum Gasteiger partial charge on any atom is 0.325 e. The largest absolute Gasteiger partial charge is 0.467 e. The minimum atomic E-state index is -0.689. The van der Waals surface area contributed by atoms with Crippen LogP contribution in [0.3, 0.4) is 0 Å². The van der Waals surface area contributed by atoms with Crippen LogP contribution in [0.25, 0.3) is 0 Å². The number of thiophene rings is 1. The van der Waals surface area contributed by atoms with Gasteiger partial charge in [0.15, 0.2) is 0 Å². The molecule has 2 aromatic heterocycles. The minimum Gasteiger partial charge on any atom is -0.467 e. The predicted molar refractivity (Wildman–Crippen MR) is 108 cm³/mol. The van der Waals surface area contributed by atoms with Crippen molar-refractivity contribution < 1.29 is 18.8 Å². The Hall–Kier alpha value is -2.61. The van der Waals surface area contributed by atoms with Crippen molar-refractivity contribution in [3.63, 3.8) is 0 Å². The maximum atomic E-state index is 12.9. The predicted octanol–water partition coefficient (Wildman–Crippen LogP) is 3.51. The van der Waals surface area contributed by atoms with Gasteiger partial charge in [-0.2, -0.15) is 0 Å². The van der Waals surface area contributed by atoms with E-state index in [0.717, 1.165) is 23.5 Å². The molecule has 1 aliphatic carbocycles. The summed E-state index contributed by atoms with van der Waals surface area (Å²) < 4.78 is 5.40. The van der Waals surface area contributed by atoms with Crippen molar-refractivity contribution in [2.45, 2.75) is 57.2 Å². The van der Waals surface area contributed by atoms with E-state index in [9.17, 15) is 14.4 Å². The van der Waals surface area contributed by atoms with E-state index in [1.165, 1.54) is 4.90 Å². The highest BCUT2D eigenvalue weighted by molar-refractivity contribution is 7.09. The Morgan fingerprint density at radius 2 is 2.03 bits per heavy atom. The first kappa shape index (κ1) is 19.7. The Bertz CT molecular complexity index is 820. The second-order valence-electron chi connectivity index (χ2n) is 7.69. The molecule has 1 saturated heterocycles. The summed E-state index contributed by atoms with van der Waals surface area (Å²) in [5.74, 6) is 0.586. The first-order valence-corrected chi connectivity index (χ1v) is 10.9. The SMILES string of the molecule is O=C(CCCN1C(=O)NC2(CCCC2)C1=O)N(Cc1ccco1)Cc1cccs1. The first-order valence-electron chi connectivity index (χ1n) is 10.0. The number of amides is 4. The average Bonchev–Trinajstić information content (AvgIpc) is 3.48. The molecule has 29 heavy (non-hydrogen) atoms. The van der Waals surface area contributed by atoms with Crippen molar-refractivity contribution in [3.05, 3.63) is 46.5 Å². The Morgan fingerprint density at radius 3 is 2.72 bits per heavy atom. The van der Waals surface area contributed by atoms with Crippen LogP contribution < -0.4 is 5.32 Å². The lowest BCUT2D eigenvalue weighted by Gasteiger charge is -2.22. The molecule has 2 fully saturated rings. The number of furan rings is 1. The number of hydrogen-bond acceptors (Lipinski definition) is 5. The third-order valence-corrected chi connectivity index (χ3v) is 6.54. The van der Waals surface area contributed by atoms with Crippen LogP contribution in [0.1, 0.15) is 49.2 Å². The fourth-order valence-electron chi connectivity index (χ4n) is 4.16. The van der Waals surface area contributed by atoms with Gasteiger partial charge in [0.2, 0.25) is 5.91 Å². The number of nitrogens with one attached hydrogen (secondary N) is 1. The van der Waals surface area contributed by atoms with Crippen LogP contribution in [0, 0.1) is 0 Å². The molecule has 8 heteroatoms. The molecule has 0 unspecified atom stereocenters. The molecule has 1 aliphatic heterocycles. The molecular weight excluding hydrogens is 390 g/mol. The van der Waals surface area contributed by atoms with Crippen LogP contribution in [0.5, 0.6) is 0 Å². The Morgan fingerprint density at radius 1 is 1.21 bits per heavy atom. The molecule has 154 valence electrons. The molecule has 0 aromatic carbocycles. The van der Waals surface area contributed by atoms with Crippen molar-refractivity contribution in [2.24, 2.45) is 0 Å². The van der Waals surface area contributed by atoms with Crippen molar-refractivity contribution in [3.8, 4) is 0 Å². The van der Waals surface area contributed by atoms with Crippen molar-refractivity contribution in [1.29, 1.82) is 0 Å². The second kappa shape index (κ2) is 8.41. The summed E-state index contributed by atoms with van der Waals surface area (Å²) in [7, 11) is 0. The molecule has 7 nitrogen and oxygen atoms in total. The quantitative estimate of drug-likeness (QED) is 0.669. The van der Waals surface area contributed by atoms with E-state index < -0.39 is 5.54 Å². The van der Waals surface area contributed by atoms with E-state index in [1.54, 1.807) is 28.6 Å². The van der Waals surface area contributed by atoms with Crippen molar-refractivity contribution in [2.75, 3.05) is 6.54 Å². The van der Waals surface area contributed by atoms with Gasteiger partial charge in [-0.15, -0.1) is 11.3 Å². The zero-order valence-electron chi connectivity index (χ0n) is 16.3. The molecular formula is C21H25N3O4S. The summed E-state index contributed by atoms with van der Waals surface area (Å²) in [6, 6.07) is 7.30. The Balaban J connectivity index is 1.34. The second-order valence-corrected chi connectivity index (χ2v) is 8.72. The number of hydrogen-bond donors (Lipinski definition) is 1. The van der Waals surface area contributed by atoms with Gasteiger partial charge in [0.05, 0.1) is 19.4 Å². The van der Waals surface area contributed by atoms with Crippen molar-refractivity contribution in [1.82, 2.24) is 15.1 Å². The summed E-state index contributed by atoms with van der Waals surface area (Å²) in [5, 5.41) is 4.87. The van der Waals surface area contributed by atoms with E-state index in [1.807, 2.05) is 23.6 Å². The lowest BCUT2D eigenvalue weighted by atomic mass is 9.98. The summed E-state index contributed by atoms with van der Waals surface area (Å²) in [4.78, 5) is 42.0. The average molecular weight is 416 g/mol. The Kier molecular flexibility index (Phi) is 5.71. The Labute approximate surface area is 173 Å². The zero-order valence-corrected chi connectivity index (χ0v) is 17.1. The molecule has 4 amide bonds. The van der Waals surface area contributed by atoms with Crippen LogP contribution >= 0.6 is 11.3 Å². The van der Waals surface area contributed by atoms with E-state index >= 15 is 0 Å². The summed E-state index contributed by atoms with van der Waals surface area (Å²) in [6.07, 6.45) is 5.67. The third-order valence-electron chi connectivity index (χ3n) is 5.68. The van der Waals surface area contributed by atoms with E-state index in [2.05, 4.69) is 5.32 Å². The lowest BCUT2D eigenvalue weighted by Crippen LogP contribution is -2.44. The van der Waals surface area contributed by atoms with Gasteiger partial charge in [-0.25, -0.2) is 4.79 Å². The smallest absolute Gasteiger partial charge is 0.325 e.